The van der Waals surface area contributed by atoms with Crippen LogP contribution < -0.4 is 14.8 Å². The Morgan fingerprint density at radius 2 is 1.76 bits per heavy atom. The molecular weight excluding hydrogens is 288 g/mol. The monoisotopic (exact) mass is 303 g/mol. The predicted octanol–water partition coefficient (Wildman–Crippen LogP) is 2.19. The Bertz CT molecular complexity index is 654. The van der Waals surface area contributed by atoms with Crippen molar-refractivity contribution in [2.24, 2.45) is 0 Å². The van der Waals surface area contributed by atoms with Crippen molar-refractivity contribution in [1.29, 1.82) is 0 Å². The van der Waals surface area contributed by atoms with Gasteiger partial charge in [0.1, 0.15) is 5.69 Å². The fourth-order valence-electron chi connectivity index (χ4n) is 1.71. The number of anilines is 2. The van der Waals surface area contributed by atoms with E-state index in [9.17, 15) is 10.1 Å². The first-order valence-electron chi connectivity index (χ1n) is 6.22. The molecule has 1 aromatic carbocycles. The van der Waals surface area contributed by atoms with E-state index in [1.165, 1.54) is 12.1 Å². The number of aromatic nitrogens is 1. The van der Waals surface area contributed by atoms with E-state index in [1.807, 2.05) is 43.5 Å². The Labute approximate surface area is 127 Å². The van der Waals surface area contributed by atoms with Gasteiger partial charge in [-0.1, -0.05) is 0 Å². The molecule has 0 aliphatic rings. The van der Waals surface area contributed by atoms with Crippen LogP contribution in [0, 0.1) is 10.1 Å². The van der Waals surface area contributed by atoms with Gasteiger partial charge < -0.3 is 4.90 Å². The summed E-state index contributed by atoms with van der Waals surface area (Å²) < 4.78 is 1.77. The van der Waals surface area contributed by atoms with Crippen molar-refractivity contribution in [1.82, 2.24) is 0 Å². The Hall–Kier alpha value is -2.54. The maximum atomic E-state index is 10.6. The van der Waals surface area contributed by atoms with Crippen LogP contribution in [0.5, 0.6) is 0 Å². The maximum Gasteiger partial charge on any atom is 0.353 e. The highest BCUT2D eigenvalue weighted by molar-refractivity contribution is 7.80. The Morgan fingerprint density at radius 1 is 1.19 bits per heavy atom. The number of hydrogen-bond donors (Lipinski definition) is 1. The van der Waals surface area contributed by atoms with Crippen LogP contribution in [0.1, 0.15) is 0 Å². The number of non-ortho nitro benzene ring substituents is 1. The SMILES string of the molecule is CN(C)c1cc[n+](C(=S)Nc2ccc([N+](=O)[O-])cc2)cc1. The molecule has 0 spiro atoms. The molecule has 0 fully saturated rings. The molecule has 0 unspecified atom stereocenters. The van der Waals surface area contributed by atoms with E-state index >= 15 is 0 Å². The first-order chi connectivity index (χ1) is 9.97. The van der Waals surface area contributed by atoms with Gasteiger partial charge in [-0.2, -0.15) is 4.57 Å². The standard InChI is InChI=1S/C14H14N4O2S/c1-16(2)12-7-9-17(10-8-12)14(21)15-11-3-5-13(6-4-11)18(19)20/h3-10H,1-2H3/p+1. The van der Waals surface area contributed by atoms with E-state index in [-0.39, 0.29) is 5.69 Å². The van der Waals surface area contributed by atoms with E-state index in [0.717, 1.165) is 5.69 Å². The highest BCUT2D eigenvalue weighted by atomic mass is 32.1. The second kappa shape index (κ2) is 6.27. The molecule has 0 aliphatic heterocycles. The number of thiocarbonyl (C=S) groups is 1. The first kappa shape index (κ1) is 14.9. The summed E-state index contributed by atoms with van der Waals surface area (Å²) in [5.41, 5.74) is 1.83. The van der Waals surface area contributed by atoms with Gasteiger partial charge in [-0.15, -0.1) is 0 Å². The number of rotatable bonds is 3. The quantitative estimate of drug-likeness (QED) is 0.407. The van der Waals surface area contributed by atoms with Gasteiger partial charge in [0.2, 0.25) is 0 Å². The van der Waals surface area contributed by atoms with Crippen molar-refractivity contribution in [3.63, 3.8) is 0 Å². The van der Waals surface area contributed by atoms with E-state index < -0.39 is 4.92 Å². The molecule has 0 saturated heterocycles. The number of nitrogens with zero attached hydrogens (tertiary/aromatic N) is 3. The number of nitro benzene ring substituents is 1. The molecule has 1 N–H and O–H groups in total. The first-order valence-corrected chi connectivity index (χ1v) is 6.62. The largest absolute Gasteiger partial charge is 0.377 e. The lowest BCUT2D eigenvalue weighted by Gasteiger charge is -2.11. The van der Waals surface area contributed by atoms with Crippen LogP contribution in [0.25, 0.3) is 0 Å². The molecule has 0 amide bonds. The highest BCUT2D eigenvalue weighted by Gasteiger charge is 2.11. The molecule has 2 rings (SSSR count). The minimum Gasteiger partial charge on any atom is -0.377 e. The van der Waals surface area contributed by atoms with Crippen LogP contribution in [-0.2, 0) is 0 Å². The second-order valence-electron chi connectivity index (χ2n) is 4.59. The molecule has 0 bridgehead atoms. The van der Waals surface area contributed by atoms with Gasteiger partial charge in [-0.3, -0.25) is 10.1 Å². The third-order valence-corrected chi connectivity index (χ3v) is 3.20. The van der Waals surface area contributed by atoms with Crippen LogP contribution in [0.4, 0.5) is 17.1 Å². The van der Waals surface area contributed by atoms with Crippen molar-refractivity contribution >= 4 is 34.4 Å². The lowest BCUT2D eigenvalue weighted by molar-refractivity contribution is -0.551. The van der Waals surface area contributed by atoms with E-state index in [0.29, 0.717) is 10.8 Å². The average molecular weight is 303 g/mol. The summed E-state index contributed by atoms with van der Waals surface area (Å²) in [6.45, 7) is 0. The van der Waals surface area contributed by atoms with Crippen molar-refractivity contribution in [3.05, 3.63) is 58.9 Å². The van der Waals surface area contributed by atoms with Crippen molar-refractivity contribution in [2.75, 3.05) is 24.3 Å². The number of pyridine rings is 1. The smallest absolute Gasteiger partial charge is 0.353 e. The molecule has 0 aliphatic carbocycles. The Kier molecular flexibility index (Phi) is 4.44. The summed E-state index contributed by atoms with van der Waals surface area (Å²) in [6, 6.07) is 10.0. The third kappa shape index (κ3) is 3.73. The number of benzene rings is 1. The van der Waals surface area contributed by atoms with Crippen LogP contribution in [0.3, 0.4) is 0 Å². The lowest BCUT2D eigenvalue weighted by Crippen LogP contribution is -2.45. The summed E-state index contributed by atoms with van der Waals surface area (Å²) >= 11 is 5.30. The summed E-state index contributed by atoms with van der Waals surface area (Å²) in [7, 11) is 3.93. The normalized spacial score (nSPS) is 10.0. The molecule has 0 saturated carbocycles. The molecule has 108 valence electrons. The maximum absolute atomic E-state index is 10.6. The van der Waals surface area contributed by atoms with Gasteiger partial charge in [0, 0.05) is 56.3 Å². The van der Waals surface area contributed by atoms with Crippen molar-refractivity contribution in [3.8, 4) is 0 Å². The number of nitro groups is 1. The van der Waals surface area contributed by atoms with Crippen LogP contribution in [-0.4, -0.2) is 24.1 Å². The fraction of sp³-hybridized carbons (Fsp3) is 0.143. The van der Waals surface area contributed by atoms with Crippen LogP contribution in [0.2, 0.25) is 0 Å². The molecule has 1 aromatic heterocycles. The minimum absolute atomic E-state index is 0.0504. The zero-order valence-electron chi connectivity index (χ0n) is 11.7. The molecule has 7 heteroatoms. The molecular formula is C14H15N4O2S+. The van der Waals surface area contributed by atoms with E-state index in [4.69, 9.17) is 12.2 Å². The lowest BCUT2D eigenvalue weighted by atomic mass is 10.3. The summed E-state index contributed by atoms with van der Waals surface area (Å²) in [6.07, 6.45) is 3.71. The molecule has 1 heterocycles. The van der Waals surface area contributed by atoms with Crippen LogP contribution >= 0.6 is 12.2 Å². The van der Waals surface area contributed by atoms with Crippen molar-refractivity contribution < 1.29 is 9.49 Å². The van der Waals surface area contributed by atoms with Gasteiger partial charge >= 0.3 is 5.11 Å². The molecule has 6 nitrogen and oxygen atoms in total. The van der Waals surface area contributed by atoms with Gasteiger partial charge in [0.15, 0.2) is 0 Å². The van der Waals surface area contributed by atoms with Crippen molar-refractivity contribution in [2.45, 2.75) is 0 Å². The van der Waals surface area contributed by atoms with Gasteiger partial charge in [0.25, 0.3) is 5.69 Å². The Morgan fingerprint density at radius 3 is 2.24 bits per heavy atom. The topological polar surface area (TPSA) is 62.3 Å². The number of hydrogen-bond acceptors (Lipinski definition) is 4. The highest BCUT2D eigenvalue weighted by Crippen LogP contribution is 2.15. The molecule has 0 atom stereocenters. The van der Waals surface area contributed by atoms with Gasteiger partial charge in [0.05, 0.1) is 17.3 Å². The molecule has 0 radical (unpaired) electrons. The molecule has 21 heavy (non-hydrogen) atoms. The average Bonchev–Trinajstić information content (AvgIpc) is 2.47. The van der Waals surface area contributed by atoms with E-state index in [2.05, 4.69) is 5.32 Å². The Balaban J connectivity index is 2.08. The minimum atomic E-state index is -0.434. The molecule has 2 aromatic rings. The summed E-state index contributed by atoms with van der Waals surface area (Å²) in [5, 5.41) is 14.1. The third-order valence-electron chi connectivity index (χ3n) is 2.89. The predicted molar refractivity (Wildman–Crippen MR) is 85.7 cm³/mol. The van der Waals surface area contributed by atoms with Crippen LogP contribution in [0.15, 0.2) is 48.8 Å². The zero-order valence-corrected chi connectivity index (χ0v) is 12.5. The van der Waals surface area contributed by atoms with E-state index in [1.54, 1.807) is 16.7 Å². The van der Waals surface area contributed by atoms with Gasteiger partial charge in [-0.05, 0) is 12.1 Å². The zero-order chi connectivity index (χ0) is 15.4. The fourth-order valence-corrected chi connectivity index (χ4v) is 1.95. The van der Waals surface area contributed by atoms with Gasteiger partial charge in [-0.25, -0.2) is 5.32 Å². The second-order valence-corrected chi connectivity index (χ2v) is 4.98. The summed E-state index contributed by atoms with van der Waals surface area (Å²) in [4.78, 5) is 12.2. The summed E-state index contributed by atoms with van der Waals surface area (Å²) in [5.74, 6) is 0. The number of nitrogens with one attached hydrogen (secondary N) is 1.